The molecule has 0 saturated heterocycles. The smallest absolute Gasteiger partial charge is 0.0465 e. The number of fused-ring (bicyclic) bond motifs is 1. The van der Waals surface area contributed by atoms with Crippen LogP contribution < -0.4 is 11.3 Å². The Morgan fingerprint density at radius 2 is 1.90 bits per heavy atom. The number of hydrogen-bond acceptors (Lipinski definition) is 2. The van der Waals surface area contributed by atoms with E-state index in [9.17, 15) is 0 Å². The Morgan fingerprint density at radius 1 is 1.14 bits per heavy atom. The highest BCUT2D eigenvalue weighted by Crippen LogP contribution is 2.37. The lowest BCUT2D eigenvalue weighted by atomic mass is 9.79. The first-order valence-electron chi connectivity index (χ1n) is 7.57. The van der Waals surface area contributed by atoms with Gasteiger partial charge in [-0.2, -0.15) is 0 Å². The number of nitrogens with two attached hydrogens (primary N) is 1. The summed E-state index contributed by atoms with van der Waals surface area (Å²) in [6.45, 7) is 0. The van der Waals surface area contributed by atoms with E-state index in [1.165, 1.54) is 36.0 Å². The second-order valence-corrected chi connectivity index (χ2v) is 6.71. The van der Waals surface area contributed by atoms with E-state index in [4.69, 9.17) is 5.84 Å². The van der Waals surface area contributed by atoms with Crippen molar-refractivity contribution in [2.45, 2.75) is 37.6 Å². The molecule has 2 aromatic rings. The van der Waals surface area contributed by atoms with Crippen LogP contribution in [-0.4, -0.2) is 0 Å². The number of aryl methyl sites for hydroxylation is 1. The Bertz CT molecular complexity index is 594. The van der Waals surface area contributed by atoms with Gasteiger partial charge < -0.3 is 0 Å². The van der Waals surface area contributed by atoms with Gasteiger partial charge in [0.15, 0.2) is 0 Å². The molecule has 3 heteroatoms. The number of nitrogens with one attached hydrogen (secondary N) is 1. The normalized spacial score (nSPS) is 19.0. The van der Waals surface area contributed by atoms with Gasteiger partial charge in [0.2, 0.25) is 0 Å². The molecule has 3 N–H and O–H groups in total. The van der Waals surface area contributed by atoms with Gasteiger partial charge in [-0.05, 0) is 60.4 Å². The second kappa shape index (κ2) is 6.73. The quantitative estimate of drug-likeness (QED) is 0.634. The fourth-order valence-electron chi connectivity index (χ4n) is 3.38. The summed E-state index contributed by atoms with van der Waals surface area (Å²) in [5.41, 5.74) is 7.28. The lowest BCUT2D eigenvalue weighted by Crippen LogP contribution is -2.30. The van der Waals surface area contributed by atoms with Crippen LogP contribution in [0.4, 0.5) is 0 Å². The van der Waals surface area contributed by atoms with Gasteiger partial charge in [-0.1, -0.05) is 52.3 Å². The molecule has 0 saturated carbocycles. The Hall–Kier alpha value is -1.16. The summed E-state index contributed by atoms with van der Waals surface area (Å²) < 4.78 is 1.10. The molecule has 0 amide bonds. The zero-order valence-corrected chi connectivity index (χ0v) is 13.6. The maximum Gasteiger partial charge on any atom is 0.0465 e. The summed E-state index contributed by atoms with van der Waals surface area (Å²) in [5, 5.41) is 0. The van der Waals surface area contributed by atoms with E-state index < -0.39 is 0 Å². The van der Waals surface area contributed by atoms with Gasteiger partial charge in [-0.15, -0.1) is 0 Å². The molecule has 0 fully saturated rings. The molecule has 1 aliphatic rings. The Balaban J connectivity index is 1.80. The van der Waals surface area contributed by atoms with Crippen molar-refractivity contribution in [3.05, 3.63) is 69.7 Å². The first kappa shape index (κ1) is 14.8. The zero-order chi connectivity index (χ0) is 14.7. The Kier molecular flexibility index (Phi) is 4.73. The monoisotopic (exact) mass is 344 g/mol. The summed E-state index contributed by atoms with van der Waals surface area (Å²) in [4.78, 5) is 0. The summed E-state index contributed by atoms with van der Waals surface area (Å²) in [7, 11) is 0. The molecule has 2 nitrogen and oxygen atoms in total. The SMILES string of the molecule is NNC(CC1CCCc2ccccc21)c1ccc(Br)cc1. The van der Waals surface area contributed by atoms with Crippen molar-refractivity contribution in [3.8, 4) is 0 Å². The van der Waals surface area contributed by atoms with Crippen LogP contribution in [0.15, 0.2) is 53.0 Å². The van der Waals surface area contributed by atoms with Crippen molar-refractivity contribution in [3.63, 3.8) is 0 Å². The van der Waals surface area contributed by atoms with Crippen LogP contribution >= 0.6 is 15.9 Å². The fraction of sp³-hybridized carbons (Fsp3) is 0.333. The van der Waals surface area contributed by atoms with E-state index in [-0.39, 0.29) is 6.04 Å². The van der Waals surface area contributed by atoms with Gasteiger partial charge in [-0.25, -0.2) is 0 Å². The number of hydrogen-bond donors (Lipinski definition) is 2. The van der Waals surface area contributed by atoms with E-state index >= 15 is 0 Å². The molecule has 1 aliphatic carbocycles. The van der Waals surface area contributed by atoms with Gasteiger partial charge in [0.1, 0.15) is 0 Å². The molecule has 2 aromatic carbocycles. The van der Waals surface area contributed by atoms with Crippen molar-refractivity contribution in [2.24, 2.45) is 5.84 Å². The minimum absolute atomic E-state index is 0.203. The van der Waals surface area contributed by atoms with E-state index in [0.717, 1.165) is 10.9 Å². The number of benzene rings is 2. The molecule has 0 bridgehead atoms. The lowest BCUT2D eigenvalue weighted by molar-refractivity contribution is 0.425. The van der Waals surface area contributed by atoms with Crippen molar-refractivity contribution >= 4 is 15.9 Å². The third-order valence-corrected chi connectivity index (χ3v) is 5.02. The Morgan fingerprint density at radius 3 is 2.67 bits per heavy atom. The molecule has 0 aliphatic heterocycles. The predicted molar refractivity (Wildman–Crippen MR) is 90.9 cm³/mol. The van der Waals surface area contributed by atoms with Gasteiger partial charge in [0.25, 0.3) is 0 Å². The van der Waals surface area contributed by atoms with E-state index in [1.54, 1.807) is 0 Å². The van der Waals surface area contributed by atoms with Crippen LogP contribution in [0, 0.1) is 0 Å². The first-order valence-corrected chi connectivity index (χ1v) is 8.36. The first-order chi connectivity index (χ1) is 10.3. The van der Waals surface area contributed by atoms with Crippen molar-refractivity contribution in [1.82, 2.24) is 5.43 Å². The van der Waals surface area contributed by atoms with Crippen LogP contribution in [0.5, 0.6) is 0 Å². The third kappa shape index (κ3) is 3.37. The standard InChI is InChI=1S/C18H21BrN2/c19-16-10-8-14(9-11-16)18(21-20)12-15-6-3-5-13-4-1-2-7-17(13)15/h1-2,4,7-11,15,18,21H,3,5-6,12,20H2. The summed E-state index contributed by atoms with van der Waals surface area (Å²) in [6, 6.07) is 17.5. The summed E-state index contributed by atoms with van der Waals surface area (Å²) >= 11 is 3.48. The molecule has 110 valence electrons. The second-order valence-electron chi connectivity index (χ2n) is 5.79. The number of hydrazine groups is 1. The van der Waals surface area contributed by atoms with Crippen molar-refractivity contribution in [2.75, 3.05) is 0 Å². The van der Waals surface area contributed by atoms with Gasteiger partial charge in [0, 0.05) is 10.5 Å². The highest BCUT2D eigenvalue weighted by Gasteiger charge is 2.23. The minimum atomic E-state index is 0.203. The molecule has 0 radical (unpaired) electrons. The molecule has 0 aromatic heterocycles. The maximum absolute atomic E-state index is 5.82. The van der Waals surface area contributed by atoms with E-state index in [2.05, 4.69) is 69.9 Å². The molecular formula is C18H21BrN2. The maximum atomic E-state index is 5.82. The number of halogens is 1. The molecule has 0 spiro atoms. The topological polar surface area (TPSA) is 38.0 Å². The predicted octanol–water partition coefficient (Wildman–Crippen LogP) is 4.46. The van der Waals surface area contributed by atoms with Gasteiger partial charge in [0.05, 0.1) is 0 Å². The van der Waals surface area contributed by atoms with Crippen molar-refractivity contribution < 1.29 is 0 Å². The lowest BCUT2D eigenvalue weighted by Gasteiger charge is -2.29. The Labute approximate surface area is 134 Å². The fourth-order valence-corrected chi connectivity index (χ4v) is 3.64. The molecule has 0 heterocycles. The number of rotatable bonds is 4. The summed E-state index contributed by atoms with van der Waals surface area (Å²) in [5.74, 6) is 6.42. The van der Waals surface area contributed by atoms with Crippen LogP contribution in [-0.2, 0) is 6.42 Å². The van der Waals surface area contributed by atoms with Crippen LogP contribution in [0.1, 0.15) is 47.9 Å². The van der Waals surface area contributed by atoms with E-state index in [0.29, 0.717) is 5.92 Å². The highest BCUT2D eigenvalue weighted by atomic mass is 79.9. The molecule has 2 unspecified atom stereocenters. The highest BCUT2D eigenvalue weighted by molar-refractivity contribution is 9.10. The largest absolute Gasteiger partial charge is 0.271 e. The summed E-state index contributed by atoms with van der Waals surface area (Å²) in [6.07, 6.45) is 4.80. The average molecular weight is 345 g/mol. The minimum Gasteiger partial charge on any atom is -0.271 e. The van der Waals surface area contributed by atoms with Crippen LogP contribution in [0.3, 0.4) is 0 Å². The molecule has 21 heavy (non-hydrogen) atoms. The zero-order valence-electron chi connectivity index (χ0n) is 12.1. The van der Waals surface area contributed by atoms with Crippen LogP contribution in [0.25, 0.3) is 0 Å². The van der Waals surface area contributed by atoms with Gasteiger partial charge >= 0.3 is 0 Å². The molecule has 2 atom stereocenters. The van der Waals surface area contributed by atoms with E-state index in [1.807, 2.05) is 0 Å². The molecule has 3 rings (SSSR count). The van der Waals surface area contributed by atoms with Gasteiger partial charge in [-0.3, -0.25) is 11.3 Å². The third-order valence-electron chi connectivity index (χ3n) is 4.49. The van der Waals surface area contributed by atoms with Crippen LogP contribution in [0.2, 0.25) is 0 Å². The van der Waals surface area contributed by atoms with Crippen molar-refractivity contribution in [1.29, 1.82) is 0 Å². The average Bonchev–Trinajstić information content (AvgIpc) is 2.54. The molecular weight excluding hydrogens is 324 g/mol.